The van der Waals surface area contributed by atoms with E-state index in [0.29, 0.717) is 22.7 Å². The van der Waals surface area contributed by atoms with E-state index in [1.807, 2.05) is 30.3 Å². The van der Waals surface area contributed by atoms with E-state index >= 15 is 0 Å². The van der Waals surface area contributed by atoms with Crippen LogP contribution in [0.4, 0.5) is 0 Å². The highest BCUT2D eigenvalue weighted by Crippen LogP contribution is 2.37. The molecule has 1 atom stereocenters. The molecule has 0 radical (unpaired) electrons. The molecular weight excluding hydrogens is 432 g/mol. The van der Waals surface area contributed by atoms with Gasteiger partial charge in [-0.1, -0.05) is 48.0 Å². The molecule has 0 aliphatic carbocycles. The number of halogens is 1. The second kappa shape index (κ2) is 7.76. The van der Waals surface area contributed by atoms with Gasteiger partial charge in [0.15, 0.2) is 0 Å². The molecule has 6 nitrogen and oxygen atoms in total. The van der Waals surface area contributed by atoms with Gasteiger partial charge in [-0.25, -0.2) is 0 Å². The maximum atomic E-state index is 13.5. The van der Waals surface area contributed by atoms with Gasteiger partial charge in [-0.05, 0) is 47.5 Å². The number of hydrogen-bond acceptors (Lipinski definition) is 5. The van der Waals surface area contributed by atoms with E-state index in [1.54, 1.807) is 54.9 Å². The van der Waals surface area contributed by atoms with Gasteiger partial charge in [0.25, 0.3) is 10.0 Å². The molecule has 0 amide bonds. The summed E-state index contributed by atoms with van der Waals surface area (Å²) in [7, 11) is -3.85. The lowest BCUT2D eigenvalue weighted by Gasteiger charge is -2.23. The predicted octanol–water partition coefficient (Wildman–Crippen LogP) is 4.82. The third-order valence-electron chi connectivity index (χ3n) is 5.22. The second-order valence-corrected chi connectivity index (χ2v) is 9.40. The van der Waals surface area contributed by atoms with E-state index in [1.165, 1.54) is 4.41 Å². The number of fused-ring (bicyclic) bond motifs is 1. The molecule has 1 aliphatic rings. The van der Waals surface area contributed by atoms with E-state index in [2.05, 4.69) is 15.1 Å². The summed E-state index contributed by atoms with van der Waals surface area (Å²) in [5.41, 5.74) is 3.78. The summed E-state index contributed by atoms with van der Waals surface area (Å²) in [5.74, 6) is 0. The summed E-state index contributed by atoms with van der Waals surface area (Å²) >= 11 is 6.02. The Kier molecular flexibility index (Phi) is 4.92. The molecule has 2 heterocycles. The molecule has 0 spiro atoms. The lowest BCUT2D eigenvalue weighted by molar-refractivity contribution is 0.371. The molecule has 0 bridgehead atoms. The predicted molar refractivity (Wildman–Crippen MR) is 120 cm³/mol. The van der Waals surface area contributed by atoms with Gasteiger partial charge in [0.05, 0.1) is 27.7 Å². The van der Waals surface area contributed by atoms with Crippen molar-refractivity contribution in [3.63, 3.8) is 0 Å². The normalized spacial score (nSPS) is 16.5. The molecule has 0 fully saturated rings. The molecule has 8 heteroatoms. The first kappa shape index (κ1) is 19.7. The average Bonchev–Trinajstić information content (AvgIpc) is 3.26. The lowest BCUT2D eigenvalue weighted by Crippen LogP contribution is -2.27. The first-order valence-electron chi connectivity index (χ1n) is 9.66. The average molecular weight is 449 g/mol. The monoisotopic (exact) mass is 448 g/mol. The van der Waals surface area contributed by atoms with Crippen LogP contribution < -0.4 is 0 Å². The van der Waals surface area contributed by atoms with Gasteiger partial charge in [-0.2, -0.15) is 17.9 Å². The fraction of sp³-hybridized carbons (Fsp3) is 0.0870. The first-order valence-corrected chi connectivity index (χ1v) is 11.5. The smallest absolute Gasteiger partial charge is 0.253 e. The Bertz CT molecular complexity index is 1390. The minimum absolute atomic E-state index is 0.196. The number of hydrogen-bond donors (Lipinski definition) is 0. The molecule has 4 aromatic rings. The number of rotatable bonds is 4. The zero-order valence-corrected chi connectivity index (χ0v) is 17.8. The van der Waals surface area contributed by atoms with Crippen molar-refractivity contribution in [1.29, 1.82) is 0 Å². The van der Waals surface area contributed by atoms with Gasteiger partial charge >= 0.3 is 0 Å². The summed E-state index contributed by atoms with van der Waals surface area (Å²) in [4.78, 5) is 8.86. The first-order chi connectivity index (χ1) is 15.0. The third-order valence-corrected chi connectivity index (χ3v) is 7.16. The Labute approximate surface area is 184 Å². The number of sulfonamides is 1. The van der Waals surface area contributed by atoms with Crippen LogP contribution in [0.5, 0.6) is 0 Å². The quantitative estimate of drug-likeness (QED) is 0.448. The Morgan fingerprint density at radius 3 is 2.32 bits per heavy atom. The Morgan fingerprint density at radius 2 is 1.58 bits per heavy atom. The lowest BCUT2D eigenvalue weighted by atomic mass is 9.99. The summed E-state index contributed by atoms with van der Waals surface area (Å²) in [6.45, 7) is 0. The van der Waals surface area contributed by atoms with Crippen LogP contribution in [0.2, 0.25) is 5.02 Å². The number of aromatic nitrogens is 2. The van der Waals surface area contributed by atoms with Crippen molar-refractivity contribution in [2.45, 2.75) is 17.4 Å². The fourth-order valence-corrected chi connectivity index (χ4v) is 5.24. The van der Waals surface area contributed by atoms with Gasteiger partial charge < -0.3 is 0 Å². The molecule has 1 aromatic heterocycles. The second-order valence-electron chi connectivity index (χ2n) is 7.17. The van der Waals surface area contributed by atoms with Crippen LogP contribution in [0, 0.1) is 0 Å². The van der Waals surface area contributed by atoms with Crippen molar-refractivity contribution >= 4 is 38.4 Å². The van der Waals surface area contributed by atoms with E-state index in [-0.39, 0.29) is 4.90 Å². The van der Waals surface area contributed by atoms with Crippen LogP contribution in [0.25, 0.3) is 11.0 Å². The van der Waals surface area contributed by atoms with Gasteiger partial charge in [0.1, 0.15) is 0 Å². The molecule has 31 heavy (non-hydrogen) atoms. The van der Waals surface area contributed by atoms with Gasteiger partial charge in [-0.3, -0.25) is 9.97 Å². The van der Waals surface area contributed by atoms with Crippen molar-refractivity contribution in [3.8, 4) is 0 Å². The molecule has 5 rings (SSSR count). The van der Waals surface area contributed by atoms with Crippen LogP contribution in [0.3, 0.4) is 0 Å². The number of benzene rings is 3. The summed E-state index contributed by atoms with van der Waals surface area (Å²) in [5, 5.41) is 5.17. The van der Waals surface area contributed by atoms with Crippen LogP contribution in [0.15, 0.2) is 95.2 Å². The zero-order chi connectivity index (χ0) is 21.4. The molecule has 1 unspecified atom stereocenters. The number of hydrazone groups is 1. The zero-order valence-electron chi connectivity index (χ0n) is 16.3. The van der Waals surface area contributed by atoms with E-state index in [0.717, 1.165) is 16.6 Å². The summed E-state index contributed by atoms with van der Waals surface area (Å²) in [6.07, 6.45) is 3.68. The minimum atomic E-state index is -3.85. The van der Waals surface area contributed by atoms with Crippen molar-refractivity contribution in [2.75, 3.05) is 0 Å². The largest absolute Gasteiger partial charge is 0.279 e. The Hall–Kier alpha value is -3.29. The van der Waals surface area contributed by atoms with Crippen LogP contribution in [0.1, 0.15) is 23.6 Å². The Balaban J connectivity index is 1.62. The van der Waals surface area contributed by atoms with Crippen molar-refractivity contribution in [3.05, 3.63) is 101 Å². The van der Waals surface area contributed by atoms with E-state index < -0.39 is 16.1 Å². The molecular formula is C23H17ClN4O2S. The highest BCUT2D eigenvalue weighted by Gasteiger charge is 2.37. The fourth-order valence-electron chi connectivity index (χ4n) is 3.66. The van der Waals surface area contributed by atoms with Crippen molar-refractivity contribution in [1.82, 2.24) is 14.4 Å². The van der Waals surface area contributed by atoms with Gasteiger partial charge in [0.2, 0.25) is 0 Å². The molecule has 1 aliphatic heterocycles. The van der Waals surface area contributed by atoms with Crippen molar-refractivity contribution in [2.24, 2.45) is 5.10 Å². The van der Waals surface area contributed by atoms with Crippen LogP contribution in [-0.2, 0) is 10.0 Å². The van der Waals surface area contributed by atoms with Crippen molar-refractivity contribution < 1.29 is 8.42 Å². The Morgan fingerprint density at radius 1 is 0.871 bits per heavy atom. The molecule has 154 valence electrons. The standard InChI is InChI=1S/C23H17ClN4O2S/c24-18-9-6-16(7-10-18)21-15-23(17-8-11-20-22(14-17)26-13-12-25-20)28(27-21)31(29,30)19-4-2-1-3-5-19/h1-14,23H,15H2. The van der Waals surface area contributed by atoms with Gasteiger partial charge in [0, 0.05) is 23.8 Å². The number of nitrogens with zero attached hydrogens (tertiary/aromatic N) is 4. The SMILES string of the molecule is O=S(=O)(c1ccccc1)N1N=C(c2ccc(Cl)cc2)CC1c1ccc2nccnc2c1. The van der Waals surface area contributed by atoms with E-state index in [9.17, 15) is 8.42 Å². The molecule has 0 saturated heterocycles. The topological polar surface area (TPSA) is 75.5 Å². The third kappa shape index (κ3) is 3.66. The molecule has 3 aromatic carbocycles. The summed E-state index contributed by atoms with van der Waals surface area (Å²) in [6, 6.07) is 20.7. The van der Waals surface area contributed by atoms with Crippen LogP contribution >= 0.6 is 11.6 Å². The highest BCUT2D eigenvalue weighted by molar-refractivity contribution is 7.89. The van der Waals surface area contributed by atoms with Crippen LogP contribution in [-0.4, -0.2) is 28.5 Å². The summed E-state index contributed by atoms with van der Waals surface area (Å²) < 4.78 is 28.2. The van der Waals surface area contributed by atoms with E-state index in [4.69, 9.17) is 11.6 Å². The molecule has 0 N–H and O–H groups in total. The van der Waals surface area contributed by atoms with Gasteiger partial charge in [-0.15, -0.1) is 0 Å². The highest BCUT2D eigenvalue weighted by atomic mass is 35.5. The molecule has 0 saturated carbocycles. The maximum absolute atomic E-state index is 13.5. The minimum Gasteiger partial charge on any atom is -0.253 e. The maximum Gasteiger partial charge on any atom is 0.279 e.